The Morgan fingerprint density at radius 2 is 1.54 bits per heavy atom. The molecule has 37 heavy (non-hydrogen) atoms. The Kier molecular flexibility index (Phi) is 5.37. The maximum atomic E-state index is 11.4. The van der Waals surface area contributed by atoms with E-state index in [1.54, 1.807) is 12.1 Å². The lowest BCUT2D eigenvalue weighted by molar-refractivity contribution is 0.0697. The third-order valence-electron chi connectivity index (χ3n) is 8.28. The van der Waals surface area contributed by atoms with Gasteiger partial charge in [-0.1, -0.05) is 70.2 Å². The van der Waals surface area contributed by atoms with Gasteiger partial charge in [-0.15, -0.1) is 0 Å². The molecule has 0 unspecified atom stereocenters. The van der Waals surface area contributed by atoms with E-state index in [9.17, 15) is 9.90 Å². The largest absolute Gasteiger partial charge is 0.478 e. The second-order valence-corrected chi connectivity index (χ2v) is 11.8. The van der Waals surface area contributed by atoms with E-state index in [4.69, 9.17) is 9.97 Å². The summed E-state index contributed by atoms with van der Waals surface area (Å²) in [7, 11) is 0. The fourth-order valence-corrected chi connectivity index (χ4v) is 5.96. The van der Waals surface area contributed by atoms with Crippen LogP contribution in [0.15, 0.2) is 60.8 Å². The molecule has 2 heterocycles. The zero-order valence-corrected chi connectivity index (χ0v) is 22.0. The lowest BCUT2D eigenvalue weighted by atomic mass is 9.67. The highest BCUT2D eigenvalue weighted by Gasteiger charge is 2.41. The first kappa shape index (κ1) is 23.7. The zero-order valence-electron chi connectivity index (χ0n) is 22.0. The van der Waals surface area contributed by atoms with E-state index in [2.05, 4.69) is 62.7 Å². The first-order valence-corrected chi connectivity index (χ1v) is 13.2. The predicted octanol–water partition coefficient (Wildman–Crippen LogP) is 6.81. The summed E-state index contributed by atoms with van der Waals surface area (Å²) in [6, 6.07) is 17.7. The molecule has 2 aromatic heterocycles. The molecule has 2 aromatic carbocycles. The van der Waals surface area contributed by atoms with Gasteiger partial charge in [0.1, 0.15) is 5.69 Å². The second-order valence-electron chi connectivity index (χ2n) is 11.8. The smallest absolute Gasteiger partial charge is 0.335 e. The molecular weight excluding hydrogens is 458 g/mol. The molecule has 2 aliphatic carbocycles. The van der Waals surface area contributed by atoms with Crippen LogP contribution in [0.2, 0.25) is 0 Å². The third-order valence-corrected chi connectivity index (χ3v) is 8.28. The van der Waals surface area contributed by atoms with Crippen LogP contribution in [0.3, 0.4) is 0 Å². The number of carbonyl (C=O) groups is 1. The van der Waals surface area contributed by atoms with Crippen LogP contribution < -0.4 is 0 Å². The number of aromatic nitrogens is 3. The molecule has 6 rings (SSSR count). The molecule has 188 valence electrons. The molecule has 0 amide bonds. The number of hydrogen-bond acceptors (Lipinski definition) is 3. The van der Waals surface area contributed by atoms with Crippen LogP contribution in [-0.2, 0) is 30.2 Å². The van der Waals surface area contributed by atoms with Crippen molar-refractivity contribution in [1.29, 1.82) is 0 Å². The Bertz CT molecular complexity index is 1510. The maximum absolute atomic E-state index is 11.4. The minimum absolute atomic E-state index is 0.0170. The van der Waals surface area contributed by atoms with Gasteiger partial charge in [-0.05, 0) is 54.5 Å². The SMILES string of the molecule is CC1(C)CCC(C)(C)c2nc3c(nc21)CCc1c(-c2ccc(C(=O)O)cc2)cn(Cc2ccccc2)c1-3. The van der Waals surface area contributed by atoms with Crippen molar-refractivity contribution in [3.05, 3.63) is 94.6 Å². The Labute approximate surface area is 218 Å². The van der Waals surface area contributed by atoms with Crippen LogP contribution in [0, 0.1) is 0 Å². The molecule has 5 nitrogen and oxygen atoms in total. The summed E-state index contributed by atoms with van der Waals surface area (Å²) in [6.45, 7) is 9.93. The number of aromatic carboxylic acids is 1. The summed E-state index contributed by atoms with van der Waals surface area (Å²) >= 11 is 0. The van der Waals surface area contributed by atoms with Crippen LogP contribution in [0.4, 0.5) is 0 Å². The van der Waals surface area contributed by atoms with Gasteiger partial charge in [-0.2, -0.15) is 0 Å². The summed E-state index contributed by atoms with van der Waals surface area (Å²) < 4.78 is 2.32. The number of hydrogen-bond donors (Lipinski definition) is 1. The van der Waals surface area contributed by atoms with Gasteiger partial charge in [0, 0.05) is 29.1 Å². The molecule has 0 atom stereocenters. The first-order valence-electron chi connectivity index (χ1n) is 13.2. The van der Waals surface area contributed by atoms with Gasteiger partial charge in [0.25, 0.3) is 0 Å². The Morgan fingerprint density at radius 3 is 2.19 bits per heavy atom. The monoisotopic (exact) mass is 491 g/mol. The highest BCUT2D eigenvalue weighted by atomic mass is 16.4. The van der Waals surface area contributed by atoms with Gasteiger partial charge >= 0.3 is 5.97 Å². The number of fused-ring (bicyclic) bond motifs is 4. The van der Waals surface area contributed by atoms with Crippen molar-refractivity contribution in [1.82, 2.24) is 14.5 Å². The fraction of sp³-hybridized carbons (Fsp3) is 0.344. The minimum Gasteiger partial charge on any atom is -0.478 e. The number of rotatable bonds is 4. The molecule has 0 saturated heterocycles. The molecule has 2 aliphatic rings. The second kappa shape index (κ2) is 8.41. The van der Waals surface area contributed by atoms with Crippen LogP contribution in [0.25, 0.3) is 22.5 Å². The van der Waals surface area contributed by atoms with Crippen LogP contribution in [-0.4, -0.2) is 25.6 Å². The lowest BCUT2D eigenvalue weighted by Crippen LogP contribution is -2.37. The molecule has 0 spiro atoms. The van der Waals surface area contributed by atoms with Crippen molar-refractivity contribution in [2.45, 2.75) is 70.8 Å². The summed E-state index contributed by atoms with van der Waals surface area (Å²) in [6.07, 6.45) is 6.18. The number of carboxylic acids is 1. The van der Waals surface area contributed by atoms with E-state index in [0.29, 0.717) is 5.56 Å². The molecule has 0 aliphatic heterocycles. The Hall–Kier alpha value is -3.73. The van der Waals surface area contributed by atoms with Crippen molar-refractivity contribution in [3.63, 3.8) is 0 Å². The van der Waals surface area contributed by atoms with Crippen molar-refractivity contribution < 1.29 is 9.90 Å². The lowest BCUT2D eigenvalue weighted by Gasteiger charge is -2.40. The van der Waals surface area contributed by atoms with Crippen LogP contribution >= 0.6 is 0 Å². The standard InChI is InChI=1S/C32H33N3O2/c1-31(2)16-17-32(3,4)29-28(31)33-25-15-14-23-24(21-10-12-22(13-11-21)30(36)37)19-35(27(23)26(25)34-29)18-20-8-6-5-7-9-20/h5-13,19H,14-18H2,1-4H3,(H,36,37). The molecule has 1 N–H and O–H groups in total. The highest BCUT2D eigenvalue weighted by molar-refractivity contribution is 5.89. The van der Waals surface area contributed by atoms with E-state index in [1.807, 2.05) is 18.2 Å². The Balaban J connectivity index is 1.56. The molecule has 0 saturated carbocycles. The highest BCUT2D eigenvalue weighted by Crippen LogP contribution is 2.47. The molecule has 0 fully saturated rings. The third kappa shape index (κ3) is 3.97. The predicted molar refractivity (Wildman–Crippen MR) is 146 cm³/mol. The molecular formula is C32H33N3O2. The molecule has 0 bridgehead atoms. The topological polar surface area (TPSA) is 68.0 Å². The summed E-state index contributed by atoms with van der Waals surface area (Å²) in [4.78, 5) is 22.2. The van der Waals surface area contributed by atoms with Crippen LogP contribution in [0.1, 0.15) is 79.1 Å². The molecule has 5 heteroatoms. The average molecular weight is 492 g/mol. The van der Waals surface area contributed by atoms with Gasteiger partial charge in [0.15, 0.2) is 0 Å². The maximum Gasteiger partial charge on any atom is 0.335 e. The minimum atomic E-state index is -0.908. The van der Waals surface area contributed by atoms with Crippen LogP contribution in [0.5, 0.6) is 0 Å². The molecule has 4 aromatic rings. The van der Waals surface area contributed by atoms with E-state index in [-0.39, 0.29) is 10.8 Å². The van der Waals surface area contributed by atoms with Gasteiger partial charge in [0.05, 0.1) is 28.3 Å². The van der Waals surface area contributed by atoms with Gasteiger partial charge in [0.2, 0.25) is 0 Å². The van der Waals surface area contributed by atoms with E-state index >= 15 is 0 Å². The number of carboxylic acid groups (broad SMARTS) is 1. The van der Waals surface area contributed by atoms with E-state index in [0.717, 1.165) is 71.8 Å². The van der Waals surface area contributed by atoms with Crippen molar-refractivity contribution in [3.8, 4) is 22.5 Å². The number of nitrogens with zero attached hydrogens (tertiary/aromatic N) is 3. The van der Waals surface area contributed by atoms with Crippen molar-refractivity contribution in [2.75, 3.05) is 0 Å². The van der Waals surface area contributed by atoms with Gasteiger partial charge in [-0.3, -0.25) is 4.98 Å². The summed E-state index contributed by atoms with van der Waals surface area (Å²) in [5, 5.41) is 9.37. The fourth-order valence-electron chi connectivity index (χ4n) is 5.96. The summed E-state index contributed by atoms with van der Waals surface area (Å²) in [5.74, 6) is -0.908. The average Bonchev–Trinajstić information content (AvgIpc) is 3.25. The number of aryl methyl sites for hydroxylation is 1. The van der Waals surface area contributed by atoms with Gasteiger partial charge in [-0.25, -0.2) is 9.78 Å². The normalized spacial score (nSPS) is 17.0. The Morgan fingerprint density at radius 1 is 0.892 bits per heavy atom. The van der Waals surface area contributed by atoms with Gasteiger partial charge < -0.3 is 9.67 Å². The van der Waals surface area contributed by atoms with E-state index in [1.165, 1.54) is 11.1 Å². The number of benzene rings is 2. The van der Waals surface area contributed by atoms with E-state index < -0.39 is 5.97 Å². The molecule has 0 radical (unpaired) electrons. The summed E-state index contributed by atoms with van der Waals surface area (Å²) in [5.41, 5.74) is 10.5. The zero-order chi connectivity index (χ0) is 25.9. The first-order chi connectivity index (χ1) is 17.6. The van der Waals surface area contributed by atoms with Crippen molar-refractivity contribution >= 4 is 5.97 Å². The van der Waals surface area contributed by atoms with Crippen molar-refractivity contribution in [2.24, 2.45) is 0 Å². The quantitative estimate of drug-likeness (QED) is 0.341.